The first-order valence-corrected chi connectivity index (χ1v) is 12.7. The molecule has 0 unspecified atom stereocenters. The number of esters is 1. The molecule has 0 aliphatic heterocycles. The van der Waals surface area contributed by atoms with Gasteiger partial charge in [0.05, 0.1) is 0 Å². The van der Waals surface area contributed by atoms with E-state index >= 15 is 0 Å². The number of unbranched alkanes of at least 4 members (excludes halogenated alkanes) is 4. The zero-order chi connectivity index (χ0) is 25.1. The number of hydrogen-bond acceptors (Lipinski definition) is 4. The van der Waals surface area contributed by atoms with Crippen molar-refractivity contribution in [2.24, 2.45) is 0 Å². The summed E-state index contributed by atoms with van der Waals surface area (Å²) in [6.07, 6.45) is 5.80. The molecule has 1 aromatic heterocycles. The van der Waals surface area contributed by atoms with E-state index in [9.17, 15) is 4.79 Å². The standard InChI is InChI=1S/C28H38ClN3O2/c1-8-9-10-11-12-13-25(33)34-26-21(28(5,6)7)16-19(27(2,3)4)17-24(26)32-30-22-15-14-20(29)18-23(22)31-32/h14-18H,8-13H2,1-7H3. The number of halogens is 1. The van der Waals surface area contributed by atoms with Crippen LogP contribution in [0.3, 0.4) is 0 Å². The number of fused-ring (bicyclic) bond motifs is 1. The molecule has 0 aliphatic rings. The van der Waals surface area contributed by atoms with Gasteiger partial charge >= 0.3 is 5.97 Å². The first kappa shape index (κ1) is 26.2. The Morgan fingerprint density at radius 2 is 1.59 bits per heavy atom. The largest absolute Gasteiger partial charge is 0.424 e. The van der Waals surface area contributed by atoms with Crippen LogP contribution >= 0.6 is 11.6 Å². The van der Waals surface area contributed by atoms with Gasteiger partial charge in [0.2, 0.25) is 0 Å². The van der Waals surface area contributed by atoms with Crippen molar-refractivity contribution >= 4 is 28.6 Å². The predicted molar refractivity (Wildman–Crippen MR) is 140 cm³/mol. The maximum absolute atomic E-state index is 12.9. The molecule has 184 valence electrons. The Bertz CT molecular complexity index is 1150. The molecule has 0 atom stereocenters. The van der Waals surface area contributed by atoms with E-state index in [-0.39, 0.29) is 16.8 Å². The quantitative estimate of drug-likeness (QED) is 0.185. The van der Waals surface area contributed by atoms with Crippen LogP contribution in [-0.4, -0.2) is 21.0 Å². The summed E-state index contributed by atoms with van der Waals surface area (Å²) >= 11 is 6.18. The topological polar surface area (TPSA) is 57.0 Å². The molecule has 3 rings (SSSR count). The highest BCUT2D eigenvalue weighted by Crippen LogP contribution is 2.40. The summed E-state index contributed by atoms with van der Waals surface area (Å²) in [6.45, 7) is 15.1. The van der Waals surface area contributed by atoms with Gasteiger partial charge in [-0.05, 0) is 47.1 Å². The van der Waals surface area contributed by atoms with Crippen molar-refractivity contribution in [1.29, 1.82) is 0 Å². The molecule has 0 spiro atoms. The molecular formula is C28H38ClN3O2. The average Bonchev–Trinajstić information content (AvgIpc) is 3.15. The minimum absolute atomic E-state index is 0.105. The fourth-order valence-corrected chi connectivity index (χ4v) is 4.06. The van der Waals surface area contributed by atoms with Crippen LogP contribution in [0.5, 0.6) is 5.75 Å². The fourth-order valence-electron chi connectivity index (χ4n) is 3.89. The number of hydrogen-bond donors (Lipinski definition) is 0. The third kappa shape index (κ3) is 6.38. The van der Waals surface area contributed by atoms with Gasteiger partial charge in [0.1, 0.15) is 16.7 Å². The van der Waals surface area contributed by atoms with Crippen molar-refractivity contribution in [3.05, 3.63) is 46.5 Å². The summed E-state index contributed by atoms with van der Waals surface area (Å²) in [6, 6.07) is 9.64. The normalized spacial score (nSPS) is 12.4. The predicted octanol–water partition coefficient (Wildman–Crippen LogP) is 7.93. The zero-order valence-electron chi connectivity index (χ0n) is 21.7. The van der Waals surface area contributed by atoms with E-state index in [2.05, 4.69) is 64.7 Å². The van der Waals surface area contributed by atoms with Gasteiger partial charge in [-0.15, -0.1) is 15.0 Å². The highest BCUT2D eigenvalue weighted by atomic mass is 35.5. The summed E-state index contributed by atoms with van der Waals surface area (Å²) in [5, 5.41) is 9.98. The number of aromatic nitrogens is 3. The van der Waals surface area contributed by atoms with Crippen LogP contribution in [0.15, 0.2) is 30.3 Å². The number of rotatable bonds is 8. The van der Waals surface area contributed by atoms with Crippen molar-refractivity contribution in [3.63, 3.8) is 0 Å². The molecular weight excluding hydrogens is 446 g/mol. The third-order valence-corrected chi connectivity index (χ3v) is 6.24. The highest BCUT2D eigenvalue weighted by Gasteiger charge is 2.29. The Kier molecular flexibility index (Phi) is 8.07. The molecule has 0 saturated carbocycles. The maximum Gasteiger partial charge on any atom is 0.311 e. The van der Waals surface area contributed by atoms with E-state index in [1.165, 1.54) is 12.8 Å². The van der Waals surface area contributed by atoms with Gasteiger partial charge < -0.3 is 4.74 Å². The molecule has 3 aromatic rings. The van der Waals surface area contributed by atoms with E-state index in [1.54, 1.807) is 16.9 Å². The van der Waals surface area contributed by atoms with Crippen molar-refractivity contribution in [3.8, 4) is 11.4 Å². The molecule has 34 heavy (non-hydrogen) atoms. The van der Waals surface area contributed by atoms with Gasteiger partial charge in [-0.25, -0.2) is 0 Å². The van der Waals surface area contributed by atoms with Crippen LogP contribution in [0.1, 0.15) is 98.1 Å². The second-order valence-electron chi connectivity index (χ2n) is 11.1. The Labute approximate surface area is 208 Å². The second kappa shape index (κ2) is 10.5. The van der Waals surface area contributed by atoms with Gasteiger partial charge in [-0.3, -0.25) is 4.79 Å². The lowest BCUT2D eigenvalue weighted by Crippen LogP contribution is -2.21. The molecule has 2 aromatic carbocycles. The SMILES string of the molecule is CCCCCCCC(=O)Oc1c(-n2nc3ccc(Cl)cc3n2)cc(C(C)(C)C)cc1C(C)(C)C. The molecule has 0 bridgehead atoms. The van der Waals surface area contributed by atoms with E-state index in [0.29, 0.717) is 28.4 Å². The number of ether oxygens (including phenoxy) is 1. The lowest BCUT2D eigenvalue weighted by atomic mass is 9.79. The zero-order valence-corrected chi connectivity index (χ0v) is 22.4. The Morgan fingerprint density at radius 3 is 2.24 bits per heavy atom. The Morgan fingerprint density at radius 1 is 0.912 bits per heavy atom. The molecule has 0 N–H and O–H groups in total. The van der Waals surface area contributed by atoms with Crippen LogP contribution in [-0.2, 0) is 15.6 Å². The molecule has 0 aliphatic carbocycles. The summed E-state index contributed by atoms with van der Waals surface area (Å²) in [4.78, 5) is 14.5. The van der Waals surface area contributed by atoms with Gasteiger partial charge in [0, 0.05) is 17.0 Å². The summed E-state index contributed by atoms with van der Waals surface area (Å²) in [5.41, 5.74) is 3.84. The minimum atomic E-state index is -0.247. The van der Waals surface area contributed by atoms with Gasteiger partial charge in [-0.2, -0.15) is 0 Å². The van der Waals surface area contributed by atoms with Crippen molar-refractivity contribution in [2.45, 2.75) is 97.8 Å². The first-order chi connectivity index (χ1) is 15.9. The first-order valence-electron chi connectivity index (χ1n) is 12.3. The molecule has 6 heteroatoms. The third-order valence-electron chi connectivity index (χ3n) is 6.00. The van der Waals surface area contributed by atoms with Crippen LogP contribution < -0.4 is 4.74 Å². The average molecular weight is 484 g/mol. The molecule has 0 amide bonds. The Balaban J connectivity index is 2.09. The number of carbonyl (C=O) groups is 1. The van der Waals surface area contributed by atoms with Crippen molar-refractivity contribution in [1.82, 2.24) is 15.0 Å². The van der Waals surface area contributed by atoms with E-state index < -0.39 is 0 Å². The van der Waals surface area contributed by atoms with E-state index in [4.69, 9.17) is 16.3 Å². The van der Waals surface area contributed by atoms with Gasteiger partial charge in [0.15, 0.2) is 5.75 Å². The smallest absolute Gasteiger partial charge is 0.311 e. The summed E-state index contributed by atoms with van der Waals surface area (Å²) in [7, 11) is 0. The number of benzene rings is 2. The van der Waals surface area contributed by atoms with Crippen LogP contribution in [0, 0.1) is 0 Å². The second-order valence-corrected chi connectivity index (χ2v) is 11.6. The number of nitrogens with zero attached hydrogens (tertiary/aromatic N) is 3. The van der Waals surface area contributed by atoms with Gasteiger partial charge in [0.25, 0.3) is 0 Å². The maximum atomic E-state index is 12.9. The molecule has 0 radical (unpaired) electrons. The van der Waals surface area contributed by atoms with E-state index in [0.717, 1.165) is 35.9 Å². The molecule has 1 heterocycles. The molecule has 0 saturated heterocycles. The van der Waals surface area contributed by atoms with Crippen LogP contribution in [0.25, 0.3) is 16.7 Å². The van der Waals surface area contributed by atoms with E-state index in [1.807, 2.05) is 12.1 Å². The monoisotopic (exact) mass is 483 g/mol. The van der Waals surface area contributed by atoms with Crippen LogP contribution in [0.2, 0.25) is 5.02 Å². The highest BCUT2D eigenvalue weighted by molar-refractivity contribution is 6.31. The summed E-state index contributed by atoms with van der Waals surface area (Å²) in [5.74, 6) is 0.317. The lowest BCUT2D eigenvalue weighted by Gasteiger charge is -2.28. The Hall–Kier alpha value is -2.40. The molecule has 5 nitrogen and oxygen atoms in total. The fraction of sp³-hybridized carbons (Fsp3) is 0.536. The summed E-state index contributed by atoms with van der Waals surface area (Å²) < 4.78 is 6.09. The lowest BCUT2D eigenvalue weighted by molar-refractivity contribution is -0.134. The van der Waals surface area contributed by atoms with Gasteiger partial charge in [-0.1, -0.05) is 91.8 Å². The van der Waals surface area contributed by atoms with Crippen LogP contribution in [0.4, 0.5) is 0 Å². The minimum Gasteiger partial charge on any atom is -0.424 e. The van der Waals surface area contributed by atoms with Crippen molar-refractivity contribution in [2.75, 3.05) is 0 Å². The number of carbonyl (C=O) groups excluding carboxylic acids is 1. The molecule has 0 fully saturated rings. The van der Waals surface area contributed by atoms with Crippen molar-refractivity contribution < 1.29 is 9.53 Å².